The minimum Gasteiger partial charge on any atom is -0.364 e. The number of benzene rings is 3. The van der Waals surface area contributed by atoms with Crippen LogP contribution in [-0.2, 0) is 16.4 Å². The van der Waals surface area contributed by atoms with Gasteiger partial charge in [0, 0.05) is 12.1 Å². The molecule has 0 saturated heterocycles. The van der Waals surface area contributed by atoms with Crippen LogP contribution in [-0.4, -0.2) is 20.5 Å². The summed E-state index contributed by atoms with van der Waals surface area (Å²) >= 11 is 6.16. The van der Waals surface area contributed by atoms with Crippen LogP contribution >= 0.6 is 11.6 Å². The van der Waals surface area contributed by atoms with Crippen LogP contribution in [0.2, 0.25) is 5.02 Å². The predicted octanol–water partition coefficient (Wildman–Crippen LogP) is 3.94. The Labute approximate surface area is 180 Å². The third kappa shape index (κ3) is 3.79. The van der Waals surface area contributed by atoms with E-state index in [-0.39, 0.29) is 27.6 Å². The van der Waals surface area contributed by atoms with E-state index >= 15 is 0 Å². The van der Waals surface area contributed by atoms with Crippen molar-refractivity contribution in [3.63, 3.8) is 0 Å². The van der Waals surface area contributed by atoms with Crippen molar-refractivity contribution in [1.29, 1.82) is 0 Å². The summed E-state index contributed by atoms with van der Waals surface area (Å²) in [6.45, 7) is 1.93. The second-order valence-corrected chi connectivity index (χ2v) is 9.12. The smallest absolute Gasteiger partial charge is 0.262 e. The van der Waals surface area contributed by atoms with Crippen molar-refractivity contribution in [1.82, 2.24) is 0 Å². The van der Waals surface area contributed by atoms with E-state index in [2.05, 4.69) is 5.32 Å². The molecule has 1 heterocycles. The van der Waals surface area contributed by atoms with Gasteiger partial charge in [0.2, 0.25) is 10.0 Å². The molecule has 1 amide bonds. The lowest BCUT2D eigenvalue weighted by Gasteiger charge is -2.39. The van der Waals surface area contributed by atoms with Crippen molar-refractivity contribution in [2.75, 3.05) is 10.2 Å². The number of carbonyl (C=O) groups excluding carboxylic acids is 1. The van der Waals surface area contributed by atoms with E-state index < -0.39 is 10.0 Å². The lowest BCUT2D eigenvalue weighted by Crippen LogP contribution is -2.50. The summed E-state index contributed by atoms with van der Waals surface area (Å²) < 4.78 is 23.8. The van der Waals surface area contributed by atoms with Gasteiger partial charge in [0.15, 0.2) is 0 Å². The Morgan fingerprint density at radius 1 is 1.07 bits per heavy atom. The largest absolute Gasteiger partial charge is 0.364 e. The van der Waals surface area contributed by atoms with Gasteiger partial charge in [-0.3, -0.25) is 9.69 Å². The first kappa shape index (κ1) is 20.4. The number of fused-ring (bicyclic) bond motifs is 1. The van der Waals surface area contributed by atoms with E-state index in [0.717, 1.165) is 16.8 Å². The minimum atomic E-state index is -4.07. The maximum absolute atomic E-state index is 13.6. The SMILES string of the molecule is Cc1ccccc1N1C(=O)c2cc(S(N)(=O)=O)c(Cl)cc2NC1Cc1ccccc1. The molecule has 0 aromatic heterocycles. The molecule has 3 N–H and O–H groups in total. The number of hydrogen-bond acceptors (Lipinski definition) is 4. The van der Waals surface area contributed by atoms with Crippen LogP contribution in [0.25, 0.3) is 0 Å². The fourth-order valence-corrected chi connectivity index (χ4v) is 4.77. The first-order chi connectivity index (χ1) is 14.3. The fraction of sp³-hybridized carbons (Fsp3) is 0.136. The molecule has 0 radical (unpaired) electrons. The van der Waals surface area contributed by atoms with Gasteiger partial charge in [-0.05, 0) is 36.2 Å². The van der Waals surface area contributed by atoms with Gasteiger partial charge < -0.3 is 5.32 Å². The number of aryl methyl sites for hydroxylation is 1. The number of halogens is 1. The molecule has 1 aliphatic heterocycles. The molecule has 0 spiro atoms. The molecule has 3 aromatic carbocycles. The molecule has 0 bridgehead atoms. The highest BCUT2D eigenvalue weighted by molar-refractivity contribution is 7.89. The Balaban J connectivity index is 1.86. The molecule has 3 aromatic rings. The maximum Gasteiger partial charge on any atom is 0.262 e. The van der Waals surface area contributed by atoms with Crippen LogP contribution in [0, 0.1) is 6.92 Å². The molecule has 0 aliphatic carbocycles. The van der Waals surface area contributed by atoms with Gasteiger partial charge in [0.1, 0.15) is 11.1 Å². The van der Waals surface area contributed by atoms with Gasteiger partial charge in [-0.1, -0.05) is 60.1 Å². The number of amides is 1. The van der Waals surface area contributed by atoms with Crippen LogP contribution in [0.1, 0.15) is 21.5 Å². The molecule has 4 rings (SSSR count). The first-order valence-electron chi connectivity index (χ1n) is 9.31. The van der Waals surface area contributed by atoms with Gasteiger partial charge in [-0.2, -0.15) is 0 Å². The molecule has 1 atom stereocenters. The Morgan fingerprint density at radius 2 is 1.73 bits per heavy atom. The summed E-state index contributed by atoms with van der Waals surface area (Å²) in [7, 11) is -4.07. The number of carbonyl (C=O) groups is 1. The lowest BCUT2D eigenvalue weighted by molar-refractivity contribution is 0.0974. The highest BCUT2D eigenvalue weighted by Gasteiger charge is 2.35. The van der Waals surface area contributed by atoms with Crippen molar-refractivity contribution in [2.24, 2.45) is 5.14 Å². The molecule has 30 heavy (non-hydrogen) atoms. The minimum absolute atomic E-state index is 0.0284. The van der Waals surface area contributed by atoms with Crippen LogP contribution < -0.4 is 15.4 Å². The van der Waals surface area contributed by atoms with E-state index in [1.54, 1.807) is 4.90 Å². The molecule has 1 aliphatic rings. The average Bonchev–Trinajstić information content (AvgIpc) is 2.69. The molecule has 8 heteroatoms. The van der Waals surface area contributed by atoms with Gasteiger partial charge in [0.25, 0.3) is 5.91 Å². The Morgan fingerprint density at radius 3 is 2.40 bits per heavy atom. The van der Waals surface area contributed by atoms with Gasteiger partial charge in [-0.25, -0.2) is 13.6 Å². The zero-order valence-electron chi connectivity index (χ0n) is 16.2. The number of hydrogen-bond donors (Lipinski definition) is 2. The molecular formula is C22H20ClN3O3S. The van der Waals surface area contributed by atoms with E-state index in [1.165, 1.54) is 12.1 Å². The quantitative estimate of drug-likeness (QED) is 0.641. The topological polar surface area (TPSA) is 92.5 Å². The number of primary sulfonamides is 1. The zero-order chi connectivity index (χ0) is 21.5. The van der Waals surface area contributed by atoms with Crippen molar-refractivity contribution >= 4 is 38.9 Å². The van der Waals surface area contributed by atoms with E-state index in [1.807, 2.05) is 61.5 Å². The van der Waals surface area contributed by atoms with Gasteiger partial charge in [-0.15, -0.1) is 0 Å². The number of nitrogens with zero attached hydrogens (tertiary/aromatic N) is 1. The Hall–Kier alpha value is -2.87. The molecule has 0 fully saturated rings. The number of rotatable bonds is 4. The normalized spacial score (nSPS) is 16.2. The molecule has 1 unspecified atom stereocenters. The number of nitrogens with one attached hydrogen (secondary N) is 1. The third-order valence-corrected chi connectivity index (χ3v) is 6.48. The van der Waals surface area contributed by atoms with Crippen LogP contribution in [0.4, 0.5) is 11.4 Å². The third-order valence-electron chi connectivity index (χ3n) is 5.11. The monoisotopic (exact) mass is 441 g/mol. The first-order valence-corrected chi connectivity index (χ1v) is 11.2. The second kappa shape index (κ2) is 7.75. The Bertz CT molecular complexity index is 1230. The Kier molecular flexibility index (Phi) is 5.27. The zero-order valence-corrected chi connectivity index (χ0v) is 17.7. The van der Waals surface area contributed by atoms with Gasteiger partial charge in [0.05, 0.1) is 16.3 Å². The summed E-state index contributed by atoms with van der Waals surface area (Å²) in [4.78, 5) is 15.0. The standard InChI is InChI=1S/C22H20ClN3O3S/c1-14-7-5-6-10-19(14)26-21(11-15-8-3-2-4-9-15)25-18-13-17(23)20(30(24,28)29)12-16(18)22(26)27/h2-10,12-13,21,25H,11H2,1H3,(H2,24,28,29). The van der Waals surface area contributed by atoms with E-state index in [0.29, 0.717) is 12.1 Å². The van der Waals surface area contributed by atoms with Crippen LogP contribution in [0.3, 0.4) is 0 Å². The van der Waals surface area contributed by atoms with Crippen molar-refractivity contribution < 1.29 is 13.2 Å². The van der Waals surface area contributed by atoms with Gasteiger partial charge >= 0.3 is 0 Å². The summed E-state index contributed by atoms with van der Waals surface area (Å²) in [5, 5.41) is 8.61. The van der Waals surface area contributed by atoms with Crippen molar-refractivity contribution in [3.05, 3.63) is 88.4 Å². The molecule has 0 saturated carbocycles. The number of nitrogens with two attached hydrogens (primary N) is 1. The number of para-hydroxylation sites is 1. The summed E-state index contributed by atoms with van der Waals surface area (Å²) in [5.74, 6) is -0.319. The summed E-state index contributed by atoms with van der Waals surface area (Å²) in [6, 6.07) is 20.1. The molecular weight excluding hydrogens is 422 g/mol. The van der Waals surface area contributed by atoms with E-state index in [9.17, 15) is 13.2 Å². The highest BCUT2D eigenvalue weighted by atomic mass is 35.5. The van der Waals surface area contributed by atoms with Crippen molar-refractivity contribution in [3.8, 4) is 0 Å². The number of sulfonamides is 1. The molecule has 154 valence electrons. The number of anilines is 2. The summed E-state index contributed by atoms with van der Waals surface area (Å²) in [6.07, 6.45) is 0.166. The second-order valence-electron chi connectivity index (χ2n) is 7.18. The van der Waals surface area contributed by atoms with Crippen molar-refractivity contribution in [2.45, 2.75) is 24.4 Å². The fourth-order valence-electron chi connectivity index (χ4n) is 3.67. The average molecular weight is 442 g/mol. The highest BCUT2D eigenvalue weighted by Crippen LogP contribution is 2.36. The predicted molar refractivity (Wildman–Crippen MR) is 118 cm³/mol. The maximum atomic E-state index is 13.6. The summed E-state index contributed by atoms with van der Waals surface area (Å²) in [5.41, 5.74) is 3.40. The van der Waals surface area contributed by atoms with Crippen LogP contribution in [0.5, 0.6) is 0 Å². The van der Waals surface area contributed by atoms with E-state index in [4.69, 9.17) is 16.7 Å². The molecule has 6 nitrogen and oxygen atoms in total. The van der Waals surface area contributed by atoms with Crippen LogP contribution in [0.15, 0.2) is 71.6 Å². The lowest BCUT2D eigenvalue weighted by atomic mass is 10.0.